The molecule has 2 nitrogen and oxygen atoms in total. The fraction of sp³-hybridized carbons (Fsp3) is 0.583. The zero-order valence-corrected chi connectivity index (χ0v) is 9.90. The summed E-state index contributed by atoms with van der Waals surface area (Å²) >= 11 is 1.77. The number of ketones is 1. The molecule has 1 aliphatic heterocycles. The third-order valence-corrected chi connectivity index (χ3v) is 4.09. The molecule has 3 heteroatoms. The van der Waals surface area contributed by atoms with Crippen molar-refractivity contribution in [2.75, 3.05) is 6.54 Å². The van der Waals surface area contributed by atoms with Gasteiger partial charge in [0.2, 0.25) is 0 Å². The Morgan fingerprint density at radius 2 is 2.33 bits per heavy atom. The van der Waals surface area contributed by atoms with Crippen molar-refractivity contribution in [3.05, 3.63) is 21.9 Å². The monoisotopic (exact) mass is 223 g/mol. The Bertz CT molecular complexity index is 339. The predicted molar refractivity (Wildman–Crippen MR) is 63.4 cm³/mol. The van der Waals surface area contributed by atoms with Gasteiger partial charge in [0.15, 0.2) is 5.78 Å². The molecular formula is C12H17NOS. The molecule has 1 N–H and O–H groups in total. The van der Waals surface area contributed by atoms with Crippen molar-refractivity contribution in [3.8, 4) is 0 Å². The van der Waals surface area contributed by atoms with E-state index in [0.717, 1.165) is 25.8 Å². The first-order valence-electron chi connectivity index (χ1n) is 5.63. The van der Waals surface area contributed by atoms with E-state index in [4.69, 9.17) is 0 Å². The molecule has 2 heterocycles. The number of Topliss-reactive ketones (excluding diaryl/α,β-unsaturated/α-hetero) is 1. The van der Waals surface area contributed by atoms with Gasteiger partial charge in [-0.15, -0.1) is 11.3 Å². The van der Waals surface area contributed by atoms with Gasteiger partial charge in [-0.05, 0) is 37.9 Å². The van der Waals surface area contributed by atoms with Gasteiger partial charge in [0, 0.05) is 16.2 Å². The van der Waals surface area contributed by atoms with E-state index in [0.29, 0.717) is 12.2 Å². The highest BCUT2D eigenvalue weighted by Crippen LogP contribution is 2.19. The Labute approximate surface area is 94.7 Å². The van der Waals surface area contributed by atoms with E-state index >= 15 is 0 Å². The van der Waals surface area contributed by atoms with Crippen LogP contribution in [0.15, 0.2) is 12.1 Å². The average Bonchev–Trinajstić information content (AvgIpc) is 2.87. The minimum atomic E-state index is 0.122. The van der Waals surface area contributed by atoms with Crippen LogP contribution in [0.3, 0.4) is 0 Å². The molecule has 0 amide bonds. The van der Waals surface area contributed by atoms with E-state index in [9.17, 15) is 4.79 Å². The summed E-state index contributed by atoms with van der Waals surface area (Å²) < 4.78 is 0. The second-order valence-corrected chi connectivity index (χ2v) is 5.27. The molecule has 0 bridgehead atoms. The Hall–Kier alpha value is -0.670. The maximum atomic E-state index is 11.9. The highest BCUT2D eigenvalue weighted by atomic mass is 32.1. The average molecular weight is 223 g/mol. The Morgan fingerprint density at radius 3 is 2.93 bits per heavy atom. The van der Waals surface area contributed by atoms with Crippen LogP contribution in [0.25, 0.3) is 0 Å². The minimum Gasteiger partial charge on any atom is -0.307 e. The van der Waals surface area contributed by atoms with Crippen LogP contribution in [-0.2, 0) is 17.6 Å². The number of hydrogen-bond acceptors (Lipinski definition) is 3. The molecule has 0 saturated carbocycles. The smallest absolute Gasteiger partial charge is 0.154 e. The number of aryl methyl sites for hydroxylation is 1. The molecule has 0 aliphatic carbocycles. The van der Waals surface area contributed by atoms with Crippen LogP contribution in [0, 0.1) is 0 Å². The maximum Gasteiger partial charge on any atom is 0.154 e. The second-order valence-electron chi connectivity index (χ2n) is 4.01. The van der Waals surface area contributed by atoms with Crippen LogP contribution in [0.5, 0.6) is 0 Å². The summed E-state index contributed by atoms with van der Waals surface area (Å²) in [4.78, 5) is 14.4. The van der Waals surface area contributed by atoms with Gasteiger partial charge in [-0.25, -0.2) is 0 Å². The van der Waals surface area contributed by atoms with Gasteiger partial charge in [0.05, 0.1) is 6.04 Å². The molecule has 1 fully saturated rings. The van der Waals surface area contributed by atoms with Crippen molar-refractivity contribution in [2.24, 2.45) is 0 Å². The number of thiophene rings is 1. The minimum absolute atomic E-state index is 0.122. The maximum absolute atomic E-state index is 11.9. The highest BCUT2D eigenvalue weighted by molar-refractivity contribution is 7.12. The first kappa shape index (κ1) is 10.8. The van der Waals surface area contributed by atoms with E-state index in [1.165, 1.54) is 9.75 Å². The van der Waals surface area contributed by atoms with Crippen LogP contribution in [0.1, 0.15) is 29.5 Å². The number of hydrogen-bond donors (Lipinski definition) is 1. The largest absolute Gasteiger partial charge is 0.307 e. The SMILES string of the molecule is CCc1ccc(CC(=O)C2CCCN2)s1. The fourth-order valence-electron chi connectivity index (χ4n) is 1.96. The normalized spacial score (nSPS) is 20.7. The summed E-state index contributed by atoms with van der Waals surface area (Å²) in [7, 11) is 0. The first-order chi connectivity index (χ1) is 7.29. The number of carbonyl (C=O) groups excluding carboxylic acids is 1. The lowest BCUT2D eigenvalue weighted by atomic mass is 10.1. The van der Waals surface area contributed by atoms with Gasteiger partial charge < -0.3 is 5.32 Å². The molecule has 1 aromatic rings. The van der Waals surface area contributed by atoms with Gasteiger partial charge in [0.25, 0.3) is 0 Å². The lowest BCUT2D eigenvalue weighted by Crippen LogP contribution is -2.31. The zero-order chi connectivity index (χ0) is 10.7. The molecule has 1 saturated heterocycles. The quantitative estimate of drug-likeness (QED) is 0.847. The van der Waals surface area contributed by atoms with E-state index in [2.05, 4.69) is 24.4 Å². The van der Waals surface area contributed by atoms with Crippen molar-refractivity contribution in [1.29, 1.82) is 0 Å². The van der Waals surface area contributed by atoms with Crippen LogP contribution < -0.4 is 5.32 Å². The fourth-order valence-corrected chi connectivity index (χ4v) is 2.93. The Kier molecular flexibility index (Phi) is 3.54. The third-order valence-electron chi connectivity index (χ3n) is 2.86. The summed E-state index contributed by atoms with van der Waals surface area (Å²) in [5.74, 6) is 0.358. The molecule has 15 heavy (non-hydrogen) atoms. The van der Waals surface area contributed by atoms with E-state index in [1.54, 1.807) is 11.3 Å². The summed E-state index contributed by atoms with van der Waals surface area (Å²) in [5.41, 5.74) is 0. The summed E-state index contributed by atoms with van der Waals surface area (Å²) in [6, 6.07) is 4.35. The third kappa shape index (κ3) is 2.67. The molecule has 2 rings (SSSR count). The van der Waals surface area contributed by atoms with Crippen LogP contribution in [0.4, 0.5) is 0 Å². The summed E-state index contributed by atoms with van der Waals surface area (Å²) in [5, 5.41) is 3.25. The van der Waals surface area contributed by atoms with Gasteiger partial charge in [0.1, 0.15) is 0 Å². The zero-order valence-electron chi connectivity index (χ0n) is 9.08. The van der Waals surface area contributed by atoms with Gasteiger partial charge in [-0.2, -0.15) is 0 Å². The molecular weight excluding hydrogens is 206 g/mol. The lowest BCUT2D eigenvalue weighted by molar-refractivity contribution is -0.120. The molecule has 1 aromatic heterocycles. The molecule has 1 atom stereocenters. The highest BCUT2D eigenvalue weighted by Gasteiger charge is 2.22. The molecule has 1 unspecified atom stereocenters. The van der Waals surface area contributed by atoms with Crippen molar-refractivity contribution in [3.63, 3.8) is 0 Å². The van der Waals surface area contributed by atoms with Crippen molar-refractivity contribution < 1.29 is 4.79 Å². The van der Waals surface area contributed by atoms with Crippen molar-refractivity contribution in [2.45, 2.75) is 38.6 Å². The number of rotatable bonds is 4. The summed E-state index contributed by atoms with van der Waals surface area (Å²) in [6.07, 6.45) is 3.84. The van der Waals surface area contributed by atoms with Crippen LogP contribution in [0.2, 0.25) is 0 Å². The van der Waals surface area contributed by atoms with Gasteiger partial charge in [-0.3, -0.25) is 4.79 Å². The molecule has 1 aliphatic rings. The molecule has 0 aromatic carbocycles. The number of carbonyl (C=O) groups is 1. The second kappa shape index (κ2) is 4.90. The predicted octanol–water partition coefficient (Wildman–Crippen LogP) is 2.17. The van der Waals surface area contributed by atoms with Gasteiger partial charge >= 0.3 is 0 Å². The van der Waals surface area contributed by atoms with Crippen LogP contribution in [-0.4, -0.2) is 18.4 Å². The van der Waals surface area contributed by atoms with E-state index in [1.807, 2.05) is 0 Å². The first-order valence-corrected chi connectivity index (χ1v) is 6.45. The standard InChI is InChI=1S/C12H17NOS/c1-2-9-5-6-10(15-9)8-12(14)11-4-3-7-13-11/h5-6,11,13H,2-4,7-8H2,1H3. The lowest BCUT2D eigenvalue weighted by Gasteiger charge is -2.07. The topological polar surface area (TPSA) is 29.1 Å². The van der Waals surface area contributed by atoms with Crippen LogP contribution >= 0.6 is 11.3 Å². The van der Waals surface area contributed by atoms with Crippen molar-refractivity contribution >= 4 is 17.1 Å². The molecule has 0 radical (unpaired) electrons. The van der Waals surface area contributed by atoms with E-state index in [-0.39, 0.29) is 6.04 Å². The molecule has 0 spiro atoms. The van der Waals surface area contributed by atoms with E-state index < -0.39 is 0 Å². The Morgan fingerprint density at radius 1 is 1.53 bits per heavy atom. The summed E-state index contributed by atoms with van der Waals surface area (Å²) in [6.45, 7) is 3.15. The number of nitrogens with one attached hydrogen (secondary N) is 1. The van der Waals surface area contributed by atoms with Gasteiger partial charge in [-0.1, -0.05) is 6.92 Å². The Balaban J connectivity index is 1.92. The van der Waals surface area contributed by atoms with Crippen molar-refractivity contribution in [1.82, 2.24) is 5.32 Å². The molecule has 82 valence electrons.